The zero-order chi connectivity index (χ0) is 13.7. The minimum atomic E-state index is -0.992. The van der Waals surface area contributed by atoms with Crippen LogP contribution in [0.15, 0.2) is 0 Å². The van der Waals surface area contributed by atoms with Crippen LogP contribution in [0.2, 0.25) is 0 Å². The summed E-state index contributed by atoms with van der Waals surface area (Å²) in [7, 11) is 0. The zero-order valence-electron chi connectivity index (χ0n) is 8.94. The molecular weight excluding hydrogens is 310 g/mol. The molecule has 0 aromatic carbocycles. The number of carbonyl (C=O) groups is 3. The molecule has 1 aliphatic carbocycles. The van der Waals surface area contributed by atoms with Crippen molar-refractivity contribution in [1.82, 2.24) is 0 Å². The van der Waals surface area contributed by atoms with Crippen molar-refractivity contribution in [3.8, 4) is 0 Å². The van der Waals surface area contributed by atoms with Crippen LogP contribution in [0.4, 0.5) is 14.4 Å². The van der Waals surface area contributed by atoms with Crippen LogP contribution in [0.5, 0.6) is 0 Å². The molecule has 0 aromatic rings. The number of rotatable bonds is 3. The van der Waals surface area contributed by atoms with Crippen LogP contribution >= 0.6 is 34.8 Å². The highest BCUT2D eigenvalue weighted by atomic mass is 35.5. The summed E-state index contributed by atoms with van der Waals surface area (Å²) < 4.78 is 14.3. The second-order valence-corrected chi connectivity index (χ2v) is 4.57. The van der Waals surface area contributed by atoms with Crippen LogP contribution in [0, 0.1) is 0 Å². The molecule has 0 saturated heterocycles. The lowest BCUT2D eigenvalue weighted by molar-refractivity contribution is -0.0291. The van der Waals surface area contributed by atoms with Gasteiger partial charge >= 0.3 is 16.3 Å². The van der Waals surface area contributed by atoms with Crippen molar-refractivity contribution < 1.29 is 28.6 Å². The van der Waals surface area contributed by atoms with E-state index in [-0.39, 0.29) is 19.3 Å². The standard InChI is InChI=1S/C9H9Cl3O6/c10-7(13)16-4-1-5(17-8(11)14)3-6(2-4)18-9(12)15/h4-6H,1-3H2. The number of carbonyl (C=O) groups excluding carboxylic acids is 3. The molecule has 0 amide bonds. The molecule has 1 fully saturated rings. The predicted octanol–water partition coefficient (Wildman–Crippen LogP) is 3.40. The third-order valence-corrected chi connectivity index (χ3v) is 2.62. The molecule has 9 heteroatoms. The number of ether oxygens (including phenoxy) is 3. The SMILES string of the molecule is O=C(Cl)OC1CC(OC(=O)Cl)CC(OC(=O)Cl)C1. The highest BCUT2D eigenvalue weighted by molar-refractivity contribution is 6.61. The van der Waals surface area contributed by atoms with E-state index in [1.807, 2.05) is 0 Å². The lowest BCUT2D eigenvalue weighted by Gasteiger charge is -2.32. The van der Waals surface area contributed by atoms with Gasteiger partial charge in [0, 0.05) is 54.1 Å². The first-order valence-electron chi connectivity index (χ1n) is 4.95. The molecule has 1 aliphatic rings. The first-order chi connectivity index (χ1) is 8.36. The average molecular weight is 320 g/mol. The second kappa shape index (κ2) is 7.01. The van der Waals surface area contributed by atoms with Gasteiger partial charge in [0.05, 0.1) is 0 Å². The Morgan fingerprint density at radius 3 is 1.06 bits per heavy atom. The summed E-state index contributed by atoms with van der Waals surface area (Å²) in [6, 6.07) is 0. The van der Waals surface area contributed by atoms with Gasteiger partial charge in [0.25, 0.3) is 0 Å². The normalized spacial score (nSPS) is 27.2. The number of hydrogen-bond donors (Lipinski definition) is 0. The van der Waals surface area contributed by atoms with Crippen LogP contribution in [0.1, 0.15) is 19.3 Å². The molecule has 18 heavy (non-hydrogen) atoms. The summed E-state index contributed by atoms with van der Waals surface area (Å²) in [5.41, 5.74) is -2.98. The van der Waals surface area contributed by atoms with Crippen molar-refractivity contribution in [2.75, 3.05) is 0 Å². The molecule has 0 unspecified atom stereocenters. The third kappa shape index (κ3) is 5.75. The largest absolute Gasteiger partial charge is 0.450 e. The van der Waals surface area contributed by atoms with Gasteiger partial charge in [-0.3, -0.25) is 0 Å². The van der Waals surface area contributed by atoms with Crippen LogP contribution in [-0.2, 0) is 14.2 Å². The van der Waals surface area contributed by atoms with Crippen molar-refractivity contribution in [1.29, 1.82) is 0 Å². The van der Waals surface area contributed by atoms with Gasteiger partial charge in [-0.25, -0.2) is 14.4 Å². The monoisotopic (exact) mass is 318 g/mol. The third-order valence-electron chi connectivity index (χ3n) is 2.36. The van der Waals surface area contributed by atoms with Gasteiger partial charge in [-0.05, 0) is 0 Å². The molecule has 102 valence electrons. The van der Waals surface area contributed by atoms with Crippen molar-refractivity contribution >= 4 is 51.1 Å². The summed E-state index contributed by atoms with van der Waals surface area (Å²) in [4.78, 5) is 31.9. The Kier molecular flexibility index (Phi) is 5.98. The van der Waals surface area contributed by atoms with Crippen LogP contribution in [0.25, 0.3) is 0 Å². The molecule has 1 saturated carbocycles. The van der Waals surface area contributed by atoms with Gasteiger partial charge in [-0.1, -0.05) is 0 Å². The Balaban J connectivity index is 2.62. The molecule has 0 heterocycles. The molecule has 0 N–H and O–H groups in total. The Morgan fingerprint density at radius 2 is 0.889 bits per heavy atom. The van der Waals surface area contributed by atoms with Gasteiger partial charge in [0.15, 0.2) is 0 Å². The van der Waals surface area contributed by atoms with E-state index < -0.39 is 34.6 Å². The van der Waals surface area contributed by atoms with Crippen molar-refractivity contribution in [3.63, 3.8) is 0 Å². The lowest BCUT2D eigenvalue weighted by Crippen LogP contribution is -2.38. The number of hydrogen-bond acceptors (Lipinski definition) is 6. The molecular formula is C9H9Cl3O6. The fourth-order valence-corrected chi connectivity index (χ4v) is 2.23. The maximum absolute atomic E-state index is 10.6. The van der Waals surface area contributed by atoms with E-state index in [2.05, 4.69) is 0 Å². The molecule has 0 aliphatic heterocycles. The molecule has 1 rings (SSSR count). The van der Waals surface area contributed by atoms with E-state index in [0.29, 0.717) is 0 Å². The highest BCUT2D eigenvalue weighted by Gasteiger charge is 2.34. The van der Waals surface area contributed by atoms with Gasteiger partial charge in [-0.2, -0.15) is 0 Å². The zero-order valence-corrected chi connectivity index (χ0v) is 11.2. The second-order valence-electron chi connectivity index (χ2n) is 3.64. The van der Waals surface area contributed by atoms with Crippen LogP contribution in [-0.4, -0.2) is 34.6 Å². The summed E-state index contributed by atoms with van der Waals surface area (Å²) >= 11 is 15.3. The first kappa shape index (κ1) is 15.3. The maximum atomic E-state index is 10.6. The number of halogens is 3. The molecule has 0 bridgehead atoms. The smallest absolute Gasteiger partial charge is 0.404 e. The molecule has 6 nitrogen and oxygen atoms in total. The molecule has 0 spiro atoms. The van der Waals surface area contributed by atoms with Crippen molar-refractivity contribution in [3.05, 3.63) is 0 Å². The quantitative estimate of drug-likeness (QED) is 0.586. The van der Waals surface area contributed by atoms with Gasteiger partial charge in [0.1, 0.15) is 18.3 Å². The molecule has 0 radical (unpaired) electrons. The van der Waals surface area contributed by atoms with Gasteiger partial charge in [0.2, 0.25) is 0 Å². The minimum Gasteiger partial charge on any atom is -0.450 e. The summed E-state index contributed by atoms with van der Waals surface area (Å²) in [6.45, 7) is 0. The first-order valence-corrected chi connectivity index (χ1v) is 6.08. The lowest BCUT2D eigenvalue weighted by atomic mass is 9.92. The fraction of sp³-hybridized carbons (Fsp3) is 0.667. The summed E-state index contributed by atoms with van der Waals surface area (Å²) in [5.74, 6) is 0. The Morgan fingerprint density at radius 1 is 0.667 bits per heavy atom. The van der Waals surface area contributed by atoms with Gasteiger partial charge in [-0.15, -0.1) is 0 Å². The maximum Gasteiger partial charge on any atom is 0.404 e. The average Bonchev–Trinajstić information content (AvgIpc) is 2.12. The topological polar surface area (TPSA) is 78.9 Å². The van der Waals surface area contributed by atoms with E-state index >= 15 is 0 Å². The van der Waals surface area contributed by atoms with E-state index in [1.54, 1.807) is 0 Å². The summed E-state index contributed by atoms with van der Waals surface area (Å²) in [6.07, 6.45) is -1.21. The Hall–Kier alpha value is -0.720. The Labute approximate surface area is 117 Å². The van der Waals surface area contributed by atoms with Crippen LogP contribution in [0.3, 0.4) is 0 Å². The molecule has 0 atom stereocenters. The van der Waals surface area contributed by atoms with Crippen LogP contribution < -0.4 is 0 Å². The predicted molar refractivity (Wildman–Crippen MR) is 62.2 cm³/mol. The molecule has 0 aromatic heterocycles. The highest BCUT2D eigenvalue weighted by Crippen LogP contribution is 2.27. The Bertz CT molecular complexity index is 289. The fourth-order valence-electron chi connectivity index (χ4n) is 1.85. The van der Waals surface area contributed by atoms with Crippen molar-refractivity contribution in [2.45, 2.75) is 37.6 Å². The summed E-state index contributed by atoms with van der Waals surface area (Å²) in [5, 5.41) is 0. The van der Waals surface area contributed by atoms with Gasteiger partial charge < -0.3 is 14.2 Å². The minimum absolute atomic E-state index is 0.229. The van der Waals surface area contributed by atoms with E-state index in [0.717, 1.165) is 0 Å². The van der Waals surface area contributed by atoms with E-state index in [4.69, 9.17) is 49.0 Å². The van der Waals surface area contributed by atoms with Crippen molar-refractivity contribution in [2.24, 2.45) is 0 Å². The van der Waals surface area contributed by atoms with E-state index in [9.17, 15) is 14.4 Å². The van der Waals surface area contributed by atoms with E-state index in [1.165, 1.54) is 0 Å².